The Morgan fingerprint density at radius 1 is 1.44 bits per heavy atom. The molecule has 0 saturated carbocycles. The van der Waals surface area contributed by atoms with Crippen LogP contribution in [0.2, 0.25) is 5.02 Å². The minimum absolute atomic E-state index is 0.305. The van der Waals surface area contributed by atoms with Crippen molar-refractivity contribution in [1.82, 2.24) is 0 Å². The van der Waals surface area contributed by atoms with E-state index in [4.69, 9.17) is 11.6 Å². The summed E-state index contributed by atoms with van der Waals surface area (Å²) in [5, 5.41) is 10.3. The summed E-state index contributed by atoms with van der Waals surface area (Å²) in [4.78, 5) is 0. The fourth-order valence-electron chi connectivity index (χ4n) is 1.61. The third kappa shape index (κ3) is 3.19. The van der Waals surface area contributed by atoms with Gasteiger partial charge in [0.25, 0.3) is 0 Å². The summed E-state index contributed by atoms with van der Waals surface area (Å²) in [5.74, 6) is 0.0981. The molecule has 0 radical (unpaired) electrons. The highest BCUT2D eigenvalue weighted by Gasteiger charge is 2.16. The van der Waals surface area contributed by atoms with Gasteiger partial charge in [0.05, 0.1) is 6.10 Å². The molecule has 0 aliphatic rings. The highest BCUT2D eigenvalue weighted by Crippen LogP contribution is 2.30. The zero-order valence-corrected chi connectivity index (χ0v) is 10.7. The zero-order valence-electron chi connectivity index (χ0n) is 9.93. The maximum absolute atomic E-state index is 13.2. The van der Waals surface area contributed by atoms with Crippen LogP contribution in [0.15, 0.2) is 12.1 Å². The molecule has 1 aromatic rings. The molecule has 1 aromatic carbocycles. The van der Waals surface area contributed by atoms with Crippen LogP contribution in [-0.2, 0) is 0 Å². The van der Waals surface area contributed by atoms with Gasteiger partial charge in [0.1, 0.15) is 5.82 Å². The molecule has 0 aliphatic heterocycles. The van der Waals surface area contributed by atoms with Gasteiger partial charge in [-0.05, 0) is 42.5 Å². The summed E-state index contributed by atoms with van der Waals surface area (Å²) in [7, 11) is 0. The maximum Gasteiger partial charge on any atom is 0.127 e. The average molecular weight is 245 g/mol. The number of halogens is 2. The number of hydrogen-bond acceptors (Lipinski definition) is 1. The lowest BCUT2D eigenvalue weighted by atomic mass is 9.95. The molecule has 0 bridgehead atoms. The van der Waals surface area contributed by atoms with Gasteiger partial charge in [-0.3, -0.25) is 0 Å². The van der Waals surface area contributed by atoms with Gasteiger partial charge in [-0.25, -0.2) is 4.39 Å². The average Bonchev–Trinajstić information content (AvgIpc) is 2.23. The normalized spacial score (nSPS) is 14.9. The van der Waals surface area contributed by atoms with E-state index in [1.807, 2.05) is 0 Å². The van der Waals surface area contributed by atoms with E-state index in [-0.39, 0.29) is 5.82 Å². The first-order valence-corrected chi connectivity index (χ1v) is 5.97. The lowest BCUT2D eigenvalue weighted by Gasteiger charge is -2.17. The maximum atomic E-state index is 13.2. The van der Waals surface area contributed by atoms with E-state index in [0.29, 0.717) is 28.5 Å². The van der Waals surface area contributed by atoms with E-state index in [2.05, 4.69) is 13.8 Å². The van der Waals surface area contributed by atoms with Gasteiger partial charge in [0, 0.05) is 5.02 Å². The Balaban J connectivity index is 2.91. The smallest absolute Gasteiger partial charge is 0.127 e. The SMILES string of the molecule is CCC(C)CC(O)c1cc(C)c(F)cc1Cl. The number of rotatable bonds is 4. The molecular formula is C13H18ClFO. The summed E-state index contributed by atoms with van der Waals surface area (Å²) in [6, 6.07) is 2.90. The molecule has 0 fully saturated rings. The second-order valence-corrected chi connectivity index (χ2v) is 4.80. The van der Waals surface area contributed by atoms with Gasteiger partial charge in [-0.1, -0.05) is 31.9 Å². The molecule has 0 spiro atoms. The Morgan fingerprint density at radius 2 is 2.06 bits per heavy atom. The Labute approximate surface area is 101 Å². The first-order chi connectivity index (χ1) is 7.45. The van der Waals surface area contributed by atoms with Crippen molar-refractivity contribution >= 4 is 11.6 Å². The van der Waals surface area contributed by atoms with Gasteiger partial charge >= 0.3 is 0 Å². The van der Waals surface area contributed by atoms with Crippen LogP contribution in [0.4, 0.5) is 4.39 Å². The lowest BCUT2D eigenvalue weighted by molar-refractivity contribution is 0.146. The molecule has 90 valence electrons. The minimum atomic E-state index is -0.609. The molecule has 0 amide bonds. The third-order valence-corrected chi connectivity index (χ3v) is 3.29. The molecule has 2 unspecified atom stereocenters. The molecule has 3 heteroatoms. The monoisotopic (exact) mass is 244 g/mol. The van der Waals surface area contributed by atoms with Crippen LogP contribution >= 0.6 is 11.6 Å². The van der Waals surface area contributed by atoms with Gasteiger partial charge in [-0.2, -0.15) is 0 Å². The van der Waals surface area contributed by atoms with E-state index in [1.54, 1.807) is 13.0 Å². The van der Waals surface area contributed by atoms with E-state index >= 15 is 0 Å². The molecule has 0 aliphatic carbocycles. The Bertz CT molecular complexity index is 365. The van der Waals surface area contributed by atoms with Crippen molar-refractivity contribution in [2.75, 3.05) is 0 Å². The van der Waals surface area contributed by atoms with Crippen LogP contribution in [0.1, 0.15) is 43.9 Å². The Kier molecular flexibility index (Phi) is 4.75. The summed E-state index contributed by atoms with van der Waals surface area (Å²) in [5.41, 5.74) is 1.14. The highest BCUT2D eigenvalue weighted by molar-refractivity contribution is 6.31. The van der Waals surface area contributed by atoms with Crippen molar-refractivity contribution in [3.8, 4) is 0 Å². The van der Waals surface area contributed by atoms with Crippen molar-refractivity contribution in [2.24, 2.45) is 5.92 Å². The van der Waals surface area contributed by atoms with Gasteiger partial charge in [-0.15, -0.1) is 0 Å². The van der Waals surface area contributed by atoms with Gasteiger partial charge in [0.15, 0.2) is 0 Å². The number of aryl methyl sites for hydroxylation is 1. The summed E-state index contributed by atoms with van der Waals surface area (Å²) in [6.45, 7) is 5.83. The van der Waals surface area contributed by atoms with Crippen LogP contribution in [0.25, 0.3) is 0 Å². The minimum Gasteiger partial charge on any atom is -0.388 e. The topological polar surface area (TPSA) is 20.2 Å². The van der Waals surface area contributed by atoms with Crippen molar-refractivity contribution < 1.29 is 9.50 Å². The van der Waals surface area contributed by atoms with E-state index in [0.717, 1.165) is 6.42 Å². The summed E-state index contributed by atoms with van der Waals surface area (Å²) in [6.07, 6.45) is 1.05. The fraction of sp³-hybridized carbons (Fsp3) is 0.538. The van der Waals surface area contributed by atoms with E-state index in [1.165, 1.54) is 6.07 Å². The second kappa shape index (κ2) is 5.65. The van der Waals surface area contributed by atoms with Gasteiger partial charge < -0.3 is 5.11 Å². The molecule has 1 N–H and O–H groups in total. The second-order valence-electron chi connectivity index (χ2n) is 4.39. The standard InChI is InChI=1S/C13H18ClFO/c1-4-8(2)5-13(16)10-6-9(3)12(15)7-11(10)14/h6-8,13,16H,4-5H2,1-3H3. The molecular weight excluding hydrogens is 227 g/mol. The van der Waals surface area contributed by atoms with Crippen molar-refractivity contribution in [1.29, 1.82) is 0 Å². The lowest BCUT2D eigenvalue weighted by Crippen LogP contribution is -2.05. The van der Waals surface area contributed by atoms with Crippen molar-refractivity contribution in [3.05, 3.63) is 34.1 Å². The number of hydrogen-bond donors (Lipinski definition) is 1. The Hall–Kier alpha value is -0.600. The molecule has 0 heterocycles. The summed E-state index contributed by atoms with van der Waals surface area (Å²) >= 11 is 5.92. The molecule has 0 saturated heterocycles. The van der Waals surface area contributed by atoms with Crippen molar-refractivity contribution in [2.45, 2.75) is 39.7 Å². The molecule has 16 heavy (non-hydrogen) atoms. The van der Waals surface area contributed by atoms with Crippen LogP contribution < -0.4 is 0 Å². The molecule has 1 rings (SSSR count). The molecule has 0 aromatic heterocycles. The van der Waals surface area contributed by atoms with Crippen LogP contribution in [0, 0.1) is 18.7 Å². The van der Waals surface area contributed by atoms with E-state index in [9.17, 15) is 9.50 Å². The fourth-order valence-corrected chi connectivity index (χ4v) is 1.89. The first-order valence-electron chi connectivity index (χ1n) is 5.59. The van der Waals surface area contributed by atoms with Crippen LogP contribution in [-0.4, -0.2) is 5.11 Å². The quantitative estimate of drug-likeness (QED) is 0.839. The predicted molar refractivity (Wildman–Crippen MR) is 65.2 cm³/mol. The van der Waals surface area contributed by atoms with Crippen molar-refractivity contribution in [3.63, 3.8) is 0 Å². The largest absolute Gasteiger partial charge is 0.388 e. The predicted octanol–water partition coefficient (Wildman–Crippen LogP) is 4.26. The summed E-state index contributed by atoms with van der Waals surface area (Å²) < 4.78 is 13.2. The number of aliphatic hydroxyl groups is 1. The van der Waals surface area contributed by atoms with Crippen LogP contribution in [0.5, 0.6) is 0 Å². The number of aliphatic hydroxyl groups excluding tert-OH is 1. The highest BCUT2D eigenvalue weighted by atomic mass is 35.5. The Morgan fingerprint density at radius 3 is 2.62 bits per heavy atom. The first kappa shape index (κ1) is 13.5. The van der Waals surface area contributed by atoms with Crippen LogP contribution in [0.3, 0.4) is 0 Å². The van der Waals surface area contributed by atoms with Gasteiger partial charge in [0.2, 0.25) is 0 Å². The van der Waals surface area contributed by atoms with E-state index < -0.39 is 6.10 Å². The number of benzene rings is 1. The zero-order chi connectivity index (χ0) is 12.3. The third-order valence-electron chi connectivity index (χ3n) is 2.96. The molecule has 2 atom stereocenters. The molecule has 1 nitrogen and oxygen atoms in total.